The second kappa shape index (κ2) is 6.06. The molecule has 0 N–H and O–H groups in total. The van der Waals surface area contributed by atoms with E-state index in [-0.39, 0.29) is 0 Å². The van der Waals surface area contributed by atoms with Crippen LogP contribution >= 0.6 is 11.6 Å². The Hall–Kier alpha value is -0.870. The molecule has 1 aromatic heterocycles. The van der Waals surface area contributed by atoms with Crippen LogP contribution in [0.1, 0.15) is 25.7 Å². The third-order valence-corrected chi connectivity index (χ3v) is 4.43. The summed E-state index contributed by atoms with van der Waals surface area (Å²) < 4.78 is 0. The molecule has 0 saturated carbocycles. The molecule has 2 aliphatic rings. The molecule has 0 bridgehead atoms. The highest BCUT2D eigenvalue weighted by atomic mass is 35.5. The first-order valence-corrected chi connectivity index (χ1v) is 7.64. The molecule has 104 valence electrons. The average molecular weight is 281 g/mol. The second-order valence-corrected chi connectivity index (χ2v) is 6.03. The first-order valence-electron chi connectivity index (χ1n) is 7.26. The Morgan fingerprint density at radius 1 is 1.11 bits per heavy atom. The predicted molar refractivity (Wildman–Crippen MR) is 77.7 cm³/mol. The van der Waals surface area contributed by atoms with Gasteiger partial charge in [-0.1, -0.05) is 11.6 Å². The zero-order valence-electron chi connectivity index (χ0n) is 11.3. The van der Waals surface area contributed by atoms with E-state index in [4.69, 9.17) is 11.6 Å². The van der Waals surface area contributed by atoms with Crippen LogP contribution in [0.4, 0.5) is 5.82 Å². The van der Waals surface area contributed by atoms with Gasteiger partial charge >= 0.3 is 0 Å². The highest BCUT2D eigenvalue weighted by molar-refractivity contribution is 6.29. The fraction of sp³-hybridized carbons (Fsp3) is 0.714. The molecular weight excluding hydrogens is 260 g/mol. The van der Waals surface area contributed by atoms with Crippen LogP contribution < -0.4 is 4.90 Å². The molecular formula is C14H21ClN4. The number of piperidine rings is 1. The average Bonchev–Trinajstić information content (AvgIpc) is 2.92. The van der Waals surface area contributed by atoms with E-state index in [1.54, 1.807) is 6.20 Å². The van der Waals surface area contributed by atoms with Crippen molar-refractivity contribution >= 4 is 17.4 Å². The molecule has 2 fully saturated rings. The van der Waals surface area contributed by atoms with Gasteiger partial charge in [-0.15, -0.1) is 0 Å². The number of aromatic nitrogens is 2. The number of hydrogen-bond acceptors (Lipinski definition) is 4. The predicted octanol–water partition coefficient (Wildman–Crippen LogP) is 2.44. The summed E-state index contributed by atoms with van der Waals surface area (Å²) in [5.41, 5.74) is 0. The molecule has 0 amide bonds. The van der Waals surface area contributed by atoms with Crippen molar-refractivity contribution in [2.45, 2.75) is 25.7 Å². The molecule has 0 atom stereocenters. The number of rotatable bonds is 3. The second-order valence-electron chi connectivity index (χ2n) is 5.64. The summed E-state index contributed by atoms with van der Waals surface area (Å²) in [4.78, 5) is 13.4. The Kier molecular flexibility index (Phi) is 4.18. The normalized spacial score (nSPS) is 22.1. The van der Waals surface area contributed by atoms with Crippen LogP contribution in [-0.4, -0.2) is 47.6 Å². The van der Waals surface area contributed by atoms with Gasteiger partial charge in [0.25, 0.3) is 0 Å². The minimum absolute atomic E-state index is 0.483. The van der Waals surface area contributed by atoms with Crippen LogP contribution in [0.2, 0.25) is 5.15 Å². The third-order valence-electron chi connectivity index (χ3n) is 4.25. The van der Waals surface area contributed by atoms with Gasteiger partial charge in [0, 0.05) is 19.6 Å². The number of likely N-dealkylation sites (tertiary alicyclic amines) is 1. The zero-order valence-corrected chi connectivity index (χ0v) is 12.0. The molecule has 0 spiro atoms. The number of nitrogens with zero attached hydrogens (tertiary/aromatic N) is 4. The van der Waals surface area contributed by atoms with Crippen LogP contribution in [-0.2, 0) is 0 Å². The van der Waals surface area contributed by atoms with Gasteiger partial charge in [0.1, 0.15) is 11.0 Å². The van der Waals surface area contributed by atoms with Gasteiger partial charge in [-0.05, 0) is 44.7 Å². The summed E-state index contributed by atoms with van der Waals surface area (Å²) in [5, 5.41) is 0.483. The van der Waals surface area contributed by atoms with Gasteiger partial charge in [0.2, 0.25) is 0 Å². The first-order chi connectivity index (χ1) is 9.31. The Balaban J connectivity index is 1.51. The van der Waals surface area contributed by atoms with Gasteiger partial charge in [-0.2, -0.15) is 0 Å². The van der Waals surface area contributed by atoms with Crippen molar-refractivity contribution in [1.82, 2.24) is 14.9 Å². The van der Waals surface area contributed by atoms with Crippen molar-refractivity contribution in [2.75, 3.05) is 37.6 Å². The van der Waals surface area contributed by atoms with Crippen molar-refractivity contribution in [1.29, 1.82) is 0 Å². The zero-order chi connectivity index (χ0) is 13.1. The van der Waals surface area contributed by atoms with E-state index < -0.39 is 0 Å². The minimum atomic E-state index is 0.483. The molecule has 2 saturated heterocycles. The highest BCUT2D eigenvalue weighted by Gasteiger charge is 2.23. The molecule has 0 radical (unpaired) electrons. The van der Waals surface area contributed by atoms with E-state index in [2.05, 4.69) is 19.8 Å². The first kappa shape index (κ1) is 13.1. The fourth-order valence-electron chi connectivity index (χ4n) is 3.16. The monoisotopic (exact) mass is 280 g/mol. The Morgan fingerprint density at radius 3 is 2.53 bits per heavy atom. The lowest BCUT2D eigenvalue weighted by molar-refractivity contribution is 0.249. The number of halogens is 1. The topological polar surface area (TPSA) is 32.3 Å². The highest BCUT2D eigenvalue weighted by Crippen LogP contribution is 2.24. The molecule has 1 aromatic rings. The largest absolute Gasteiger partial charge is 0.355 e. The van der Waals surface area contributed by atoms with Crippen molar-refractivity contribution < 1.29 is 0 Å². The molecule has 0 aromatic carbocycles. The third kappa shape index (κ3) is 3.37. The molecule has 5 heteroatoms. The lowest BCUT2D eigenvalue weighted by Gasteiger charge is -2.34. The lowest BCUT2D eigenvalue weighted by Crippen LogP contribution is -2.38. The van der Waals surface area contributed by atoms with Crippen LogP contribution in [0.15, 0.2) is 12.4 Å². The maximum absolute atomic E-state index is 5.90. The molecule has 19 heavy (non-hydrogen) atoms. The Labute approximate surface area is 119 Å². The van der Waals surface area contributed by atoms with E-state index in [0.717, 1.165) is 24.8 Å². The smallest absolute Gasteiger partial charge is 0.149 e. The Bertz CT molecular complexity index is 412. The standard InChI is InChI=1S/C14H21ClN4/c15-13-9-16-10-14(17-13)19-7-3-12(4-8-19)11-18-5-1-2-6-18/h9-10,12H,1-8,11H2. The minimum Gasteiger partial charge on any atom is -0.355 e. The van der Waals surface area contributed by atoms with E-state index in [0.29, 0.717) is 5.15 Å². The molecule has 4 nitrogen and oxygen atoms in total. The van der Waals surface area contributed by atoms with Crippen molar-refractivity contribution in [3.8, 4) is 0 Å². The van der Waals surface area contributed by atoms with Crippen LogP contribution in [0.25, 0.3) is 0 Å². The lowest BCUT2D eigenvalue weighted by atomic mass is 9.96. The van der Waals surface area contributed by atoms with E-state index in [9.17, 15) is 0 Å². The van der Waals surface area contributed by atoms with Crippen LogP contribution in [0, 0.1) is 5.92 Å². The number of hydrogen-bond donors (Lipinski definition) is 0. The van der Waals surface area contributed by atoms with Crippen LogP contribution in [0.5, 0.6) is 0 Å². The van der Waals surface area contributed by atoms with Gasteiger partial charge in [-0.3, -0.25) is 4.98 Å². The SMILES string of the molecule is Clc1cncc(N2CCC(CN3CCCC3)CC2)n1. The van der Waals surface area contributed by atoms with Crippen molar-refractivity contribution in [2.24, 2.45) is 5.92 Å². The van der Waals surface area contributed by atoms with Gasteiger partial charge < -0.3 is 9.80 Å². The van der Waals surface area contributed by atoms with Gasteiger partial charge in [0.15, 0.2) is 0 Å². The van der Waals surface area contributed by atoms with Crippen molar-refractivity contribution in [3.63, 3.8) is 0 Å². The van der Waals surface area contributed by atoms with E-state index in [1.807, 2.05) is 6.20 Å². The molecule has 0 aliphatic carbocycles. The fourth-order valence-corrected chi connectivity index (χ4v) is 3.30. The molecule has 3 heterocycles. The maximum atomic E-state index is 5.90. The Morgan fingerprint density at radius 2 is 1.84 bits per heavy atom. The molecule has 3 rings (SSSR count). The summed E-state index contributed by atoms with van der Waals surface area (Å²) in [6.07, 6.45) is 8.68. The van der Waals surface area contributed by atoms with Gasteiger partial charge in [0.05, 0.1) is 12.4 Å². The summed E-state index contributed by atoms with van der Waals surface area (Å²) in [6, 6.07) is 0. The summed E-state index contributed by atoms with van der Waals surface area (Å²) >= 11 is 5.90. The number of anilines is 1. The molecule has 0 unspecified atom stereocenters. The summed E-state index contributed by atoms with van der Waals surface area (Å²) in [7, 11) is 0. The summed E-state index contributed by atoms with van der Waals surface area (Å²) in [6.45, 7) is 6.05. The van der Waals surface area contributed by atoms with E-state index in [1.165, 1.54) is 45.3 Å². The molecule has 2 aliphatic heterocycles. The van der Waals surface area contributed by atoms with Gasteiger partial charge in [-0.25, -0.2) is 4.98 Å². The van der Waals surface area contributed by atoms with E-state index >= 15 is 0 Å². The summed E-state index contributed by atoms with van der Waals surface area (Å²) in [5.74, 6) is 1.77. The maximum Gasteiger partial charge on any atom is 0.149 e. The quantitative estimate of drug-likeness (QED) is 0.851. The van der Waals surface area contributed by atoms with Crippen LogP contribution in [0.3, 0.4) is 0 Å². The van der Waals surface area contributed by atoms with Crippen molar-refractivity contribution in [3.05, 3.63) is 17.5 Å².